The Morgan fingerprint density at radius 2 is 0.736 bits per heavy atom. The zero-order valence-corrected chi connectivity index (χ0v) is 43.1. The zero-order valence-electron chi connectivity index (χ0n) is 43.1. The molecule has 0 fully saturated rings. The highest BCUT2D eigenvalue weighted by atomic mass is 15.1. The largest absolute Gasteiger partial charge is 0.309 e. The molecule has 0 aliphatic heterocycles. The number of benzene rings is 11. The summed E-state index contributed by atoms with van der Waals surface area (Å²) in [5.41, 5.74) is 18.3. The average Bonchev–Trinajstić information content (AvgIpc) is 3.72. The molecule has 0 saturated carbocycles. The minimum Gasteiger partial charge on any atom is -0.309 e. The van der Waals surface area contributed by atoms with Crippen LogP contribution in [0.1, 0.15) is 79.0 Å². The van der Waals surface area contributed by atoms with Crippen LogP contribution in [0.25, 0.3) is 93.2 Å². The maximum absolute atomic E-state index is 2.53. The molecule has 0 aliphatic rings. The van der Waals surface area contributed by atoms with Crippen molar-refractivity contribution < 1.29 is 0 Å². The molecule has 0 aliphatic carbocycles. The van der Waals surface area contributed by atoms with Crippen LogP contribution in [0.5, 0.6) is 0 Å². The van der Waals surface area contributed by atoms with Gasteiger partial charge in [0.15, 0.2) is 0 Å². The Morgan fingerprint density at radius 3 is 1.28 bits per heavy atom. The lowest BCUT2D eigenvalue weighted by atomic mass is 9.83. The van der Waals surface area contributed by atoms with Gasteiger partial charge in [0.1, 0.15) is 0 Å². The lowest BCUT2D eigenvalue weighted by Crippen LogP contribution is -2.15. The standard InChI is InChI=1S/C70H62N2/c1-68(2,3)50-32-22-45(23-33-50)54-16-10-11-17-55(54)46-26-37-53(38-27-46)71(65-43-36-52(70(7,8)9)44-60(65)47-24-34-51(35-25-47)69(4,5)6)63-41-30-48-29-40-59-64(42-31-49-28-39-58(63)66(48)67(49)59)72-61-20-14-12-18-56(61)57-19-13-15-21-62(57)72/h10-44H,1-9H3. The molecule has 0 radical (unpaired) electrons. The molecule has 11 aromatic carbocycles. The Kier molecular flexibility index (Phi) is 10.6. The highest BCUT2D eigenvalue weighted by Gasteiger charge is 2.26. The molecule has 1 aromatic heterocycles. The first-order chi connectivity index (χ1) is 34.6. The molecule has 1 heterocycles. The van der Waals surface area contributed by atoms with Crippen LogP contribution in [0.15, 0.2) is 212 Å². The van der Waals surface area contributed by atoms with Crippen LogP contribution in [-0.4, -0.2) is 4.57 Å². The van der Waals surface area contributed by atoms with Gasteiger partial charge in [-0.15, -0.1) is 0 Å². The summed E-state index contributed by atoms with van der Waals surface area (Å²) >= 11 is 0. The van der Waals surface area contributed by atoms with E-state index in [1.807, 2.05) is 0 Å². The number of rotatable bonds is 7. The van der Waals surface area contributed by atoms with Crippen LogP contribution < -0.4 is 4.90 Å². The SMILES string of the molecule is CC(C)(C)c1ccc(-c2ccccc2-c2ccc(N(c3ccc(C(C)(C)C)cc3-c3ccc(C(C)(C)C)cc3)c3ccc4ccc5c(-n6c7ccccc7c7ccccc76)ccc6ccc3c4c65)cc2)cc1. The molecule has 0 saturated heterocycles. The molecule has 0 amide bonds. The van der Waals surface area contributed by atoms with Crippen molar-refractivity contribution in [2.75, 3.05) is 4.90 Å². The van der Waals surface area contributed by atoms with Crippen molar-refractivity contribution >= 4 is 71.2 Å². The van der Waals surface area contributed by atoms with Gasteiger partial charge >= 0.3 is 0 Å². The summed E-state index contributed by atoms with van der Waals surface area (Å²) < 4.78 is 2.47. The van der Waals surface area contributed by atoms with Gasteiger partial charge in [-0.1, -0.05) is 226 Å². The van der Waals surface area contributed by atoms with E-state index in [0.29, 0.717) is 0 Å². The Labute approximate surface area is 425 Å². The van der Waals surface area contributed by atoms with Crippen LogP contribution in [0.3, 0.4) is 0 Å². The van der Waals surface area contributed by atoms with Crippen LogP contribution in [0.2, 0.25) is 0 Å². The van der Waals surface area contributed by atoms with Gasteiger partial charge in [-0.05, 0) is 131 Å². The quantitative estimate of drug-likeness (QED) is 0.145. The fraction of sp³-hybridized carbons (Fsp3) is 0.171. The van der Waals surface area contributed by atoms with Gasteiger partial charge in [0.2, 0.25) is 0 Å². The van der Waals surface area contributed by atoms with Crippen molar-refractivity contribution in [3.8, 4) is 39.1 Å². The second-order valence-corrected chi connectivity index (χ2v) is 23.0. The third-order valence-electron chi connectivity index (χ3n) is 15.3. The minimum atomic E-state index is -0.0490. The number of fused-ring (bicyclic) bond motifs is 3. The van der Waals surface area contributed by atoms with Crippen molar-refractivity contribution in [1.29, 1.82) is 0 Å². The van der Waals surface area contributed by atoms with E-state index in [-0.39, 0.29) is 16.2 Å². The van der Waals surface area contributed by atoms with E-state index in [4.69, 9.17) is 0 Å². The molecule has 0 spiro atoms. The molecule has 12 rings (SSSR count). The molecule has 2 heteroatoms. The van der Waals surface area contributed by atoms with Crippen LogP contribution >= 0.6 is 0 Å². The lowest BCUT2D eigenvalue weighted by Gasteiger charge is -2.31. The molecule has 352 valence electrons. The van der Waals surface area contributed by atoms with Crippen molar-refractivity contribution in [2.24, 2.45) is 0 Å². The number of nitrogens with zero attached hydrogens (tertiary/aromatic N) is 2. The Bertz CT molecular complexity index is 3940. The molecule has 0 bridgehead atoms. The topological polar surface area (TPSA) is 8.17 Å². The number of hydrogen-bond donors (Lipinski definition) is 0. The summed E-state index contributed by atoms with van der Waals surface area (Å²) in [6.07, 6.45) is 0. The first-order valence-electron chi connectivity index (χ1n) is 25.7. The molecule has 72 heavy (non-hydrogen) atoms. The fourth-order valence-corrected chi connectivity index (χ4v) is 11.3. The van der Waals surface area contributed by atoms with Crippen molar-refractivity contribution in [3.05, 3.63) is 229 Å². The minimum absolute atomic E-state index is 0.0417. The molecular formula is C70H62N2. The third-order valence-corrected chi connectivity index (χ3v) is 15.3. The lowest BCUT2D eigenvalue weighted by molar-refractivity contribution is 0.590. The molecule has 0 atom stereocenters. The molecule has 2 nitrogen and oxygen atoms in total. The Hall–Kier alpha value is -7.94. The third kappa shape index (κ3) is 7.64. The number of anilines is 3. The van der Waals surface area contributed by atoms with E-state index in [1.165, 1.54) is 110 Å². The van der Waals surface area contributed by atoms with Crippen molar-refractivity contribution in [2.45, 2.75) is 78.6 Å². The molecule has 0 N–H and O–H groups in total. The van der Waals surface area contributed by atoms with Gasteiger partial charge < -0.3 is 9.47 Å². The monoisotopic (exact) mass is 930 g/mol. The maximum atomic E-state index is 2.53. The van der Waals surface area contributed by atoms with Gasteiger partial charge in [0, 0.05) is 32.8 Å². The van der Waals surface area contributed by atoms with E-state index < -0.39 is 0 Å². The zero-order chi connectivity index (χ0) is 49.7. The van der Waals surface area contributed by atoms with Gasteiger partial charge in [-0.3, -0.25) is 0 Å². The first kappa shape index (κ1) is 45.2. The summed E-state index contributed by atoms with van der Waals surface area (Å²) in [6, 6.07) is 80.1. The number of para-hydroxylation sites is 2. The van der Waals surface area contributed by atoms with Gasteiger partial charge in [-0.25, -0.2) is 0 Å². The predicted octanol–water partition coefficient (Wildman–Crippen LogP) is 20.0. The second kappa shape index (κ2) is 16.8. The summed E-state index contributed by atoms with van der Waals surface area (Å²) in [4.78, 5) is 2.53. The van der Waals surface area contributed by atoms with Crippen LogP contribution in [0.4, 0.5) is 17.1 Å². The maximum Gasteiger partial charge on any atom is 0.0541 e. The highest BCUT2D eigenvalue weighted by molar-refractivity contribution is 6.27. The summed E-state index contributed by atoms with van der Waals surface area (Å²) in [6.45, 7) is 20.6. The predicted molar refractivity (Wildman–Crippen MR) is 312 cm³/mol. The summed E-state index contributed by atoms with van der Waals surface area (Å²) in [5, 5.41) is 10.0. The summed E-state index contributed by atoms with van der Waals surface area (Å²) in [5.74, 6) is 0. The number of aromatic nitrogens is 1. The van der Waals surface area contributed by atoms with E-state index in [9.17, 15) is 0 Å². The highest BCUT2D eigenvalue weighted by Crippen LogP contribution is 2.49. The molecule has 0 unspecified atom stereocenters. The fourth-order valence-electron chi connectivity index (χ4n) is 11.3. The van der Waals surface area contributed by atoms with E-state index in [2.05, 4.69) is 284 Å². The average molecular weight is 931 g/mol. The van der Waals surface area contributed by atoms with Gasteiger partial charge in [0.25, 0.3) is 0 Å². The molecule has 12 aromatic rings. The number of hydrogen-bond acceptors (Lipinski definition) is 1. The van der Waals surface area contributed by atoms with Crippen molar-refractivity contribution in [3.63, 3.8) is 0 Å². The summed E-state index contributed by atoms with van der Waals surface area (Å²) in [7, 11) is 0. The van der Waals surface area contributed by atoms with Crippen LogP contribution in [0, 0.1) is 0 Å². The van der Waals surface area contributed by atoms with Gasteiger partial charge in [0.05, 0.1) is 28.1 Å². The first-order valence-corrected chi connectivity index (χ1v) is 25.7. The second-order valence-electron chi connectivity index (χ2n) is 23.0. The van der Waals surface area contributed by atoms with Crippen molar-refractivity contribution in [1.82, 2.24) is 4.57 Å². The Balaban J connectivity index is 1.09. The van der Waals surface area contributed by atoms with E-state index in [1.54, 1.807) is 0 Å². The van der Waals surface area contributed by atoms with Gasteiger partial charge in [-0.2, -0.15) is 0 Å². The normalized spacial score (nSPS) is 12.5. The molecular weight excluding hydrogens is 869 g/mol. The van der Waals surface area contributed by atoms with E-state index >= 15 is 0 Å². The van der Waals surface area contributed by atoms with E-state index in [0.717, 1.165) is 17.1 Å². The van der Waals surface area contributed by atoms with Crippen LogP contribution in [-0.2, 0) is 16.2 Å². The smallest absolute Gasteiger partial charge is 0.0541 e. The Morgan fingerprint density at radius 1 is 0.319 bits per heavy atom.